The molecule has 2 aliphatic heterocycles. The van der Waals surface area contributed by atoms with Gasteiger partial charge in [-0.3, -0.25) is 0 Å². The molecule has 0 amide bonds. The summed E-state index contributed by atoms with van der Waals surface area (Å²) in [4.78, 5) is 0. The normalized spacial score (nSPS) is 33.5. The van der Waals surface area contributed by atoms with E-state index in [4.69, 9.17) is 14.2 Å². The summed E-state index contributed by atoms with van der Waals surface area (Å²) in [5.74, 6) is 0. The highest BCUT2D eigenvalue weighted by atomic mass is 16.7. The molecule has 0 saturated heterocycles. The van der Waals surface area contributed by atoms with Crippen molar-refractivity contribution in [2.45, 2.75) is 18.8 Å². The predicted molar refractivity (Wildman–Crippen MR) is 48.3 cm³/mol. The van der Waals surface area contributed by atoms with Gasteiger partial charge in [0.05, 0.1) is 19.8 Å². The molecule has 0 aromatic rings. The molecular weight excluding hydrogens is 168 g/mol. The van der Waals surface area contributed by atoms with Crippen LogP contribution in [0.1, 0.15) is 6.42 Å². The Balaban J connectivity index is 1.79. The van der Waals surface area contributed by atoms with E-state index in [0.717, 1.165) is 6.42 Å². The van der Waals surface area contributed by atoms with Gasteiger partial charge in [-0.15, -0.1) is 0 Å². The third-order valence-corrected chi connectivity index (χ3v) is 2.05. The highest BCUT2D eigenvalue weighted by molar-refractivity contribution is 4.94. The first-order valence-electron chi connectivity index (χ1n) is 4.61. The molecule has 0 bridgehead atoms. The summed E-state index contributed by atoms with van der Waals surface area (Å²) in [6, 6.07) is 0. The van der Waals surface area contributed by atoms with Crippen LogP contribution in [0.25, 0.3) is 0 Å². The van der Waals surface area contributed by atoms with Gasteiger partial charge in [0, 0.05) is 6.42 Å². The molecule has 72 valence electrons. The lowest BCUT2D eigenvalue weighted by Gasteiger charge is -2.25. The van der Waals surface area contributed by atoms with Gasteiger partial charge >= 0.3 is 0 Å². The van der Waals surface area contributed by atoms with Gasteiger partial charge in [0.25, 0.3) is 0 Å². The summed E-state index contributed by atoms with van der Waals surface area (Å²) in [5, 5.41) is 0. The van der Waals surface area contributed by atoms with Crippen LogP contribution in [-0.4, -0.2) is 32.2 Å². The molecule has 2 heterocycles. The molecule has 2 atom stereocenters. The van der Waals surface area contributed by atoms with Gasteiger partial charge in [-0.1, -0.05) is 24.3 Å². The van der Waals surface area contributed by atoms with Crippen LogP contribution in [-0.2, 0) is 14.2 Å². The van der Waals surface area contributed by atoms with Crippen molar-refractivity contribution >= 4 is 0 Å². The first kappa shape index (κ1) is 8.94. The Morgan fingerprint density at radius 1 is 1.15 bits per heavy atom. The lowest BCUT2D eigenvalue weighted by atomic mass is 10.3. The molecule has 2 rings (SSSR count). The molecule has 0 fully saturated rings. The maximum atomic E-state index is 5.65. The number of rotatable bonds is 2. The van der Waals surface area contributed by atoms with Crippen molar-refractivity contribution in [2.75, 3.05) is 19.8 Å². The smallest absolute Gasteiger partial charge is 0.162 e. The Labute approximate surface area is 78.0 Å². The molecule has 0 N–H and O–H groups in total. The quantitative estimate of drug-likeness (QED) is 0.602. The van der Waals surface area contributed by atoms with Gasteiger partial charge in [-0.05, 0) is 0 Å². The monoisotopic (exact) mass is 182 g/mol. The average Bonchev–Trinajstić information content (AvgIpc) is 2.21. The van der Waals surface area contributed by atoms with Gasteiger partial charge < -0.3 is 14.2 Å². The van der Waals surface area contributed by atoms with Crippen molar-refractivity contribution in [1.29, 1.82) is 0 Å². The van der Waals surface area contributed by atoms with Crippen molar-refractivity contribution in [3.05, 3.63) is 24.3 Å². The SMILES string of the molecule is C1=C[C@H](OC2CC=CCO2)COC1. The molecule has 3 heteroatoms. The minimum Gasteiger partial charge on any atom is -0.374 e. The number of hydrogen-bond acceptors (Lipinski definition) is 3. The van der Waals surface area contributed by atoms with E-state index in [1.165, 1.54) is 0 Å². The van der Waals surface area contributed by atoms with Gasteiger partial charge in [-0.25, -0.2) is 0 Å². The molecule has 0 radical (unpaired) electrons. The second-order valence-corrected chi connectivity index (χ2v) is 3.11. The molecule has 13 heavy (non-hydrogen) atoms. The van der Waals surface area contributed by atoms with Crippen LogP contribution in [0.2, 0.25) is 0 Å². The van der Waals surface area contributed by atoms with Crippen LogP contribution in [0, 0.1) is 0 Å². The van der Waals surface area contributed by atoms with Crippen molar-refractivity contribution < 1.29 is 14.2 Å². The zero-order valence-corrected chi connectivity index (χ0v) is 7.52. The minimum absolute atomic E-state index is 0.0604. The Morgan fingerprint density at radius 2 is 2.15 bits per heavy atom. The fraction of sp³-hybridized carbons (Fsp3) is 0.600. The summed E-state index contributed by atoms with van der Waals surface area (Å²) in [7, 11) is 0. The molecule has 3 nitrogen and oxygen atoms in total. The van der Waals surface area contributed by atoms with Gasteiger partial charge in [-0.2, -0.15) is 0 Å². The van der Waals surface area contributed by atoms with E-state index in [9.17, 15) is 0 Å². The molecule has 0 spiro atoms. The van der Waals surface area contributed by atoms with Crippen molar-refractivity contribution in [1.82, 2.24) is 0 Å². The van der Waals surface area contributed by atoms with Gasteiger partial charge in [0.15, 0.2) is 6.29 Å². The Bertz CT molecular complexity index is 210. The first-order valence-corrected chi connectivity index (χ1v) is 4.61. The highest BCUT2D eigenvalue weighted by Gasteiger charge is 2.17. The maximum Gasteiger partial charge on any atom is 0.162 e. The van der Waals surface area contributed by atoms with Crippen molar-refractivity contribution in [2.24, 2.45) is 0 Å². The Morgan fingerprint density at radius 3 is 2.85 bits per heavy atom. The van der Waals surface area contributed by atoms with Crippen LogP contribution in [0.3, 0.4) is 0 Å². The van der Waals surface area contributed by atoms with Crippen LogP contribution in [0.15, 0.2) is 24.3 Å². The van der Waals surface area contributed by atoms with E-state index in [-0.39, 0.29) is 12.4 Å². The predicted octanol–water partition coefficient (Wildman–Crippen LogP) is 1.26. The van der Waals surface area contributed by atoms with E-state index in [1.807, 2.05) is 18.2 Å². The van der Waals surface area contributed by atoms with Crippen LogP contribution in [0.5, 0.6) is 0 Å². The summed E-state index contributed by atoms with van der Waals surface area (Å²) >= 11 is 0. The highest BCUT2D eigenvalue weighted by Crippen LogP contribution is 2.12. The fourth-order valence-corrected chi connectivity index (χ4v) is 1.40. The second kappa shape index (κ2) is 4.56. The maximum absolute atomic E-state index is 5.65. The van der Waals surface area contributed by atoms with E-state index in [0.29, 0.717) is 19.8 Å². The molecule has 2 aliphatic rings. The first-order chi connectivity index (χ1) is 6.45. The van der Waals surface area contributed by atoms with Gasteiger partial charge in [0.2, 0.25) is 0 Å². The zero-order chi connectivity index (χ0) is 8.93. The van der Waals surface area contributed by atoms with E-state index < -0.39 is 0 Å². The zero-order valence-electron chi connectivity index (χ0n) is 7.52. The molecule has 1 unspecified atom stereocenters. The van der Waals surface area contributed by atoms with Crippen LogP contribution in [0.4, 0.5) is 0 Å². The van der Waals surface area contributed by atoms with Crippen LogP contribution < -0.4 is 0 Å². The van der Waals surface area contributed by atoms with E-state index in [1.54, 1.807) is 0 Å². The van der Waals surface area contributed by atoms with Gasteiger partial charge in [0.1, 0.15) is 6.10 Å². The molecule has 0 aliphatic carbocycles. The largest absolute Gasteiger partial charge is 0.374 e. The lowest BCUT2D eigenvalue weighted by Crippen LogP contribution is -2.29. The summed E-state index contributed by atoms with van der Waals surface area (Å²) < 4.78 is 16.3. The van der Waals surface area contributed by atoms with Crippen molar-refractivity contribution in [3.63, 3.8) is 0 Å². The Hall–Kier alpha value is -0.640. The Kier molecular flexibility index (Phi) is 3.13. The number of hydrogen-bond donors (Lipinski definition) is 0. The minimum atomic E-state index is -0.0960. The van der Waals surface area contributed by atoms with Crippen LogP contribution >= 0.6 is 0 Å². The topological polar surface area (TPSA) is 27.7 Å². The van der Waals surface area contributed by atoms with E-state index in [2.05, 4.69) is 6.08 Å². The number of ether oxygens (including phenoxy) is 3. The van der Waals surface area contributed by atoms with Crippen molar-refractivity contribution in [3.8, 4) is 0 Å². The fourth-order valence-electron chi connectivity index (χ4n) is 1.40. The van der Waals surface area contributed by atoms with E-state index >= 15 is 0 Å². The summed E-state index contributed by atoms with van der Waals surface area (Å²) in [5.41, 5.74) is 0. The average molecular weight is 182 g/mol. The lowest BCUT2D eigenvalue weighted by molar-refractivity contribution is -0.167. The summed E-state index contributed by atoms with van der Waals surface area (Å²) in [6.45, 7) is 1.99. The standard InChI is InChI=1S/C10H14O3/c1-2-7-12-10(5-1)13-9-4-3-6-11-8-9/h1-4,9-10H,5-8H2/t9-,10?/m0/s1. The molecular formula is C10H14O3. The summed E-state index contributed by atoms with van der Waals surface area (Å²) in [6.07, 6.45) is 8.91. The molecule has 0 saturated carbocycles. The molecule has 0 aromatic carbocycles. The third-order valence-electron chi connectivity index (χ3n) is 2.05. The molecule has 0 aromatic heterocycles. The third kappa shape index (κ3) is 2.66. The second-order valence-electron chi connectivity index (χ2n) is 3.11.